The van der Waals surface area contributed by atoms with Gasteiger partial charge in [-0.1, -0.05) is 18.3 Å². The first-order valence-corrected chi connectivity index (χ1v) is 4.47. The molecule has 1 aromatic carbocycles. The average Bonchev–Trinajstić information content (AvgIpc) is 2.10. The van der Waals surface area contributed by atoms with Crippen LogP contribution in [0, 0.1) is 24.2 Å². The topological polar surface area (TPSA) is 35.8 Å². The van der Waals surface area contributed by atoms with Crippen molar-refractivity contribution in [3.05, 3.63) is 35.1 Å². The Hall–Kier alpha value is -1.47. The summed E-state index contributed by atoms with van der Waals surface area (Å²) < 4.78 is 12.7. The van der Waals surface area contributed by atoms with E-state index in [1.54, 1.807) is 12.3 Å². The van der Waals surface area contributed by atoms with Gasteiger partial charge in [0.2, 0.25) is 0 Å². The smallest absolute Gasteiger partial charge is 0.181 e. The molecule has 0 atom stereocenters. The molecule has 0 saturated carbocycles. The van der Waals surface area contributed by atoms with Crippen LogP contribution in [0.15, 0.2) is 18.2 Å². The fourth-order valence-corrected chi connectivity index (χ4v) is 1.34. The van der Waals surface area contributed by atoms with E-state index in [1.165, 1.54) is 12.1 Å². The summed E-state index contributed by atoms with van der Waals surface area (Å²) in [5.74, 6) is -0.259. The zero-order valence-corrected chi connectivity index (χ0v) is 8.49. The van der Waals surface area contributed by atoms with Gasteiger partial charge in [0.25, 0.3) is 0 Å². The van der Waals surface area contributed by atoms with Crippen LogP contribution < -0.4 is 5.32 Å². The number of thiocarbonyl (C=S) groups is 1. The monoisotopic (exact) mass is 208 g/mol. The largest absolute Gasteiger partial charge is 0.286 e. The Morgan fingerprint density at radius 1 is 1.64 bits per heavy atom. The molecule has 14 heavy (non-hydrogen) atoms. The van der Waals surface area contributed by atoms with Crippen LogP contribution in [0.3, 0.4) is 0 Å². The Bertz CT molecular complexity index is 396. The van der Waals surface area contributed by atoms with Gasteiger partial charge in [-0.15, -0.1) is 0 Å². The van der Waals surface area contributed by atoms with Crippen molar-refractivity contribution in [1.82, 2.24) is 5.32 Å². The van der Waals surface area contributed by atoms with Gasteiger partial charge in [-0.3, -0.25) is 5.32 Å². The third-order valence-corrected chi connectivity index (χ3v) is 2.10. The lowest BCUT2D eigenvalue weighted by Gasteiger charge is -2.05. The van der Waals surface area contributed by atoms with Crippen LogP contribution in [0.25, 0.3) is 0 Å². The molecule has 1 aromatic rings. The van der Waals surface area contributed by atoms with Gasteiger partial charge < -0.3 is 0 Å². The molecule has 1 rings (SSSR count). The molecule has 1 N–H and O–H groups in total. The van der Waals surface area contributed by atoms with Crippen LogP contribution in [0.2, 0.25) is 0 Å². The minimum atomic E-state index is -0.259. The second-order valence-electron chi connectivity index (χ2n) is 2.91. The maximum atomic E-state index is 12.7. The first kappa shape index (κ1) is 10.6. The number of nitriles is 1. The number of nitrogens with one attached hydrogen (secondary N) is 1. The molecule has 0 fully saturated rings. The van der Waals surface area contributed by atoms with Crippen LogP contribution >= 0.6 is 12.2 Å². The maximum absolute atomic E-state index is 12.7. The predicted octanol–water partition coefficient (Wildman–Crippen LogP) is 2.07. The molecular formula is C10H9FN2S. The van der Waals surface area contributed by atoms with Crippen molar-refractivity contribution in [3.8, 4) is 6.19 Å². The summed E-state index contributed by atoms with van der Waals surface area (Å²) in [6, 6.07) is 4.51. The van der Waals surface area contributed by atoms with Crippen molar-refractivity contribution in [2.45, 2.75) is 13.3 Å². The molecule has 0 heterocycles. The van der Waals surface area contributed by atoms with Gasteiger partial charge in [-0.2, -0.15) is 5.26 Å². The van der Waals surface area contributed by atoms with Crippen molar-refractivity contribution >= 4 is 17.2 Å². The molecule has 4 heteroatoms. The third kappa shape index (κ3) is 2.79. The second-order valence-corrected chi connectivity index (χ2v) is 3.40. The van der Waals surface area contributed by atoms with Crippen molar-refractivity contribution in [3.63, 3.8) is 0 Å². The van der Waals surface area contributed by atoms with Crippen LogP contribution in [0.1, 0.15) is 11.1 Å². The van der Waals surface area contributed by atoms with E-state index < -0.39 is 0 Å². The van der Waals surface area contributed by atoms with Gasteiger partial charge in [-0.05, 0) is 30.2 Å². The molecule has 0 amide bonds. The summed E-state index contributed by atoms with van der Waals surface area (Å²) in [7, 11) is 0. The van der Waals surface area contributed by atoms with E-state index in [-0.39, 0.29) is 5.82 Å². The summed E-state index contributed by atoms with van der Waals surface area (Å²) >= 11 is 4.90. The normalized spacial score (nSPS) is 9.21. The second kappa shape index (κ2) is 4.68. The van der Waals surface area contributed by atoms with E-state index in [2.05, 4.69) is 5.32 Å². The molecule has 2 nitrogen and oxygen atoms in total. The lowest BCUT2D eigenvalue weighted by Crippen LogP contribution is -2.17. The van der Waals surface area contributed by atoms with Crippen molar-refractivity contribution in [2.24, 2.45) is 0 Å². The third-order valence-electron chi connectivity index (χ3n) is 1.85. The highest BCUT2D eigenvalue weighted by Crippen LogP contribution is 2.10. The number of benzene rings is 1. The summed E-state index contributed by atoms with van der Waals surface area (Å²) in [5.41, 5.74) is 1.77. The van der Waals surface area contributed by atoms with Crippen molar-refractivity contribution in [2.75, 3.05) is 0 Å². The molecule has 0 radical (unpaired) electrons. The lowest BCUT2D eigenvalue weighted by molar-refractivity contribution is 0.626. The minimum Gasteiger partial charge on any atom is -0.286 e. The lowest BCUT2D eigenvalue weighted by atomic mass is 10.1. The van der Waals surface area contributed by atoms with E-state index in [9.17, 15) is 4.39 Å². The Labute approximate surface area is 87.4 Å². The number of aryl methyl sites for hydroxylation is 1. The van der Waals surface area contributed by atoms with Gasteiger partial charge in [0.1, 0.15) is 5.82 Å². The molecule has 0 saturated heterocycles. The number of hydrogen-bond donors (Lipinski definition) is 1. The number of hydrogen-bond acceptors (Lipinski definition) is 2. The highest BCUT2D eigenvalue weighted by molar-refractivity contribution is 7.80. The van der Waals surface area contributed by atoms with Gasteiger partial charge in [-0.25, -0.2) is 4.39 Å². The molecule has 0 aromatic heterocycles. The summed E-state index contributed by atoms with van der Waals surface area (Å²) in [6.45, 7) is 1.81. The first-order valence-electron chi connectivity index (χ1n) is 4.06. The summed E-state index contributed by atoms with van der Waals surface area (Å²) in [5, 5.41) is 10.7. The Morgan fingerprint density at radius 2 is 2.36 bits per heavy atom. The first-order chi connectivity index (χ1) is 6.63. The molecule has 0 aliphatic carbocycles. The fourth-order valence-electron chi connectivity index (χ4n) is 1.14. The number of nitrogens with zero attached hydrogens (tertiary/aromatic N) is 1. The highest BCUT2D eigenvalue weighted by Gasteiger charge is 2.02. The van der Waals surface area contributed by atoms with E-state index in [0.717, 1.165) is 11.1 Å². The predicted molar refractivity (Wildman–Crippen MR) is 56.2 cm³/mol. The van der Waals surface area contributed by atoms with E-state index in [1.807, 2.05) is 6.92 Å². The van der Waals surface area contributed by atoms with E-state index in [4.69, 9.17) is 17.5 Å². The van der Waals surface area contributed by atoms with Crippen LogP contribution in [-0.4, -0.2) is 4.99 Å². The van der Waals surface area contributed by atoms with Crippen LogP contribution in [0.5, 0.6) is 0 Å². The van der Waals surface area contributed by atoms with Gasteiger partial charge in [0, 0.05) is 6.42 Å². The minimum absolute atomic E-state index is 0.259. The molecule has 0 aliphatic rings. The van der Waals surface area contributed by atoms with Gasteiger partial charge in [0.05, 0.1) is 4.99 Å². The van der Waals surface area contributed by atoms with Crippen molar-refractivity contribution < 1.29 is 4.39 Å². The highest BCUT2D eigenvalue weighted by atomic mass is 32.1. The summed E-state index contributed by atoms with van der Waals surface area (Å²) in [6.07, 6.45) is 2.22. The average molecular weight is 208 g/mol. The Balaban J connectivity index is 2.78. The molecule has 72 valence electrons. The van der Waals surface area contributed by atoms with Gasteiger partial charge >= 0.3 is 0 Å². The fraction of sp³-hybridized carbons (Fsp3) is 0.200. The molecule has 0 bridgehead atoms. The standard InChI is InChI=1S/C10H9FN2S/c1-7-4-9(11)3-2-8(7)5-10(14)13-6-12/h2-4H,5H2,1H3,(H,13,14). The molecular weight excluding hydrogens is 199 g/mol. The van der Waals surface area contributed by atoms with Crippen LogP contribution in [0.4, 0.5) is 4.39 Å². The Kier molecular flexibility index (Phi) is 3.55. The summed E-state index contributed by atoms with van der Waals surface area (Å²) in [4.78, 5) is 0.446. The van der Waals surface area contributed by atoms with Crippen molar-refractivity contribution in [1.29, 1.82) is 5.26 Å². The van der Waals surface area contributed by atoms with E-state index in [0.29, 0.717) is 11.4 Å². The number of rotatable bonds is 2. The zero-order chi connectivity index (χ0) is 10.6. The number of halogens is 1. The molecule has 0 unspecified atom stereocenters. The molecule has 0 spiro atoms. The maximum Gasteiger partial charge on any atom is 0.181 e. The quantitative estimate of drug-likeness (QED) is 0.459. The van der Waals surface area contributed by atoms with E-state index >= 15 is 0 Å². The van der Waals surface area contributed by atoms with Crippen LogP contribution in [-0.2, 0) is 6.42 Å². The zero-order valence-electron chi connectivity index (χ0n) is 7.67. The molecule has 0 aliphatic heterocycles. The van der Waals surface area contributed by atoms with Gasteiger partial charge in [0.15, 0.2) is 6.19 Å². The Morgan fingerprint density at radius 3 is 2.93 bits per heavy atom. The SMILES string of the molecule is Cc1cc(F)ccc1CC(=S)NC#N.